The largest absolute Gasteiger partial charge is 1.00 e. The fourth-order valence-corrected chi connectivity index (χ4v) is 3.87. The molecule has 11 nitrogen and oxygen atoms in total. The van der Waals surface area contributed by atoms with Crippen LogP contribution in [0.2, 0.25) is 0 Å². The summed E-state index contributed by atoms with van der Waals surface area (Å²) in [7, 11) is -3.09. The maximum Gasteiger partial charge on any atom is 1.00 e. The van der Waals surface area contributed by atoms with Gasteiger partial charge in [0.05, 0.1) is 42.0 Å². The van der Waals surface area contributed by atoms with Gasteiger partial charge in [0, 0.05) is 4.90 Å². The number of nitrogens with one attached hydrogen (secondary N) is 1. The number of azo groups is 1. The third kappa shape index (κ3) is 7.27. The van der Waals surface area contributed by atoms with Crippen molar-refractivity contribution in [3.63, 3.8) is 0 Å². The minimum absolute atomic E-state index is 0. The predicted octanol–water partition coefficient (Wildman–Crippen LogP) is 1.48. The molecule has 14 heteroatoms. The molecule has 0 saturated carbocycles. The molecule has 0 bridgehead atoms. The number of nitrogens with zero attached hydrogens (tertiary/aromatic N) is 3. The van der Waals surface area contributed by atoms with Gasteiger partial charge in [-0.2, -0.15) is 4.33 Å². The topological polar surface area (TPSA) is 147 Å². The molecule has 3 rings (SSSR count). The summed E-state index contributed by atoms with van der Waals surface area (Å²) in [5.41, 5.74) is 1.60. The van der Waals surface area contributed by atoms with Crippen LogP contribution in [0.3, 0.4) is 0 Å². The van der Waals surface area contributed by atoms with Crippen LogP contribution < -0.4 is 39.9 Å². The summed E-state index contributed by atoms with van der Waals surface area (Å²) >= 11 is 1.06. The monoisotopic (exact) mass is 530 g/mol. The average Bonchev–Trinajstić information content (AvgIpc) is 3.09. The predicted molar refractivity (Wildman–Crippen MR) is 124 cm³/mol. The van der Waals surface area contributed by atoms with Crippen LogP contribution in [0.5, 0.6) is 5.75 Å². The molecule has 0 spiro atoms. The summed E-state index contributed by atoms with van der Waals surface area (Å²) in [6.07, 6.45) is 0.829. The molecule has 1 heterocycles. The van der Waals surface area contributed by atoms with Crippen LogP contribution in [-0.4, -0.2) is 36.5 Å². The maximum atomic E-state index is 12.9. The Morgan fingerprint density at radius 2 is 1.83 bits per heavy atom. The van der Waals surface area contributed by atoms with Gasteiger partial charge in [0.2, 0.25) is 0 Å². The van der Waals surface area contributed by atoms with E-state index in [4.69, 9.17) is 14.0 Å². The third-order valence-corrected chi connectivity index (χ3v) is 6.25. The van der Waals surface area contributed by atoms with Crippen molar-refractivity contribution in [2.45, 2.75) is 37.0 Å². The Bertz CT molecular complexity index is 1350. The first-order valence-corrected chi connectivity index (χ1v) is 12.2. The zero-order chi connectivity index (χ0) is 24.9. The normalized spacial score (nSPS) is 11.6. The van der Waals surface area contributed by atoms with Crippen molar-refractivity contribution in [1.82, 2.24) is 9.78 Å². The third-order valence-electron chi connectivity index (χ3n) is 4.62. The van der Waals surface area contributed by atoms with Gasteiger partial charge in [-0.15, -0.1) is 10.2 Å². The second-order valence-corrected chi connectivity index (χ2v) is 9.26. The maximum absolute atomic E-state index is 12.9. The van der Waals surface area contributed by atoms with Gasteiger partial charge >= 0.3 is 29.6 Å². The van der Waals surface area contributed by atoms with Gasteiger partial charge in [-0.3, -0.25) is 9.89 Å². The second kappa shape index (κ2) is 12.8. The van der Waals surface area contributed by atoms with Crippen LogP contribution in [0, 0.1) is 13.8 Å². The molecule has 3 aromatic rings. The minimum atomic E-state index is -4.58. The smallest absolute Gasteiger partial charge is 0.744 e. The van der Waals surface area contributed by atoms with Crippen molar-refractivity contribution in [3.05, 3.63) is 58.0 Å². The molecule has 0 unspecified atom stereocenters. The molecule has 2 aromatic carbocycles. The van der Waals surface area contributed by atoms with E-state index in [1.807, 2.05) is 13.8 Å². The van der Waals surface area contributed by atoms with E-state index in [0.29, 0.717) is 29.4 Å². The summed E-state index contributed by atoms with van der Waals surface area (Å²) in [5, 5.41) is 11.2. The Hall–Kier alpha value is -1.97. The first-order valence-electron chi connectivity index (χ1n) is 10.1. The van der Waals surface area contributed by atoms with Crippen LogP contribution in [0.1, 0.15) is 24.6 Å². The van der Waals surface area contributed by atoms with E-state index in [1.54, 1.807) is 19.1 Å². The number of aromatic amines is 1. The molecular formula is C21H23N4NaO7S2. The molecule has 1 aromatic heterocycles. The molecule has 0 aliphatic heterocycles. The fourth-order valence-electron chi connectivity index (χ4n) is 2.87. The fraction of sp³-hybridized carbons (Fsp3) is 0.286. The summed E-state index contributed by atoms with van der Waals surface area (Å²) in [4.78, 5) is 18.3. The zero-order valence-electron chi connectivity index (χ0n) is 19.9. The Kier molecular flexibility index (Phi) is 10.7. The van der Waals surface area contributed by atoms with Crippen LogP contribution in [0.15, 0.2) is 61.2 Å². The molecule has 0 amide bonds. The quantitative estimate of drug-likeness (QED) is 0.0789. The number of aryl methyl sites for hydroxylation is 2. The number of hydrogen-bond acceptors (Lipinski definition) is 10. The molecule has 1 N–H and O–H groups in total. The van der Waals surface area contributed by atoms with Crippen LogP contribution in [-0.2, 0) is 19.3 Å². The van der Waals surface area contributed by atoms with Crippen molar-refractivity contribution in [1.29, 1.82) is 0 Å². The van der Waals surface area contributed by atoms with Crippen LogP contribution in [0.4, 0.5) is 11.4 Å². The Labute approximate surface area is 229 Å². The Balaban J connectivity index is 0.00000432. The first-order chi connectivity index (χ1) is 16.2. The van der Waals surface area contributed by atoms with Gasteiger partial charge in [0.25, 0.3) is 5.56 Å². The van der Waals surface area contributed by atoms with Crippen LogP contribution >= 0.6 is 12.0 Å². The number of H-pyrrole nitrogens is 1. The van der Waals surface area contributed by atoms with E-state index in [1.165, 1.54) is 23.9 Å². The summed E-state index contributed by atoms with van der Waals surface area (Å²) in [6.45, 7) is 5.97. The minimum Gasteiger partial charge on any atom is -0.744 e. The number of hydrogen-bond donors (Lipinski definition) is 1. The van der Waals surface area contributed by atoms with Gasteiger partial charge < -0.3 is 9.29 Å². The molecule has 0 fully saturated rings. The number of ether oxygens (including phenoxy) is 1. The van der Waals surface area contributed by atoms with Crippen molar-refractivity contribution in [2.75, 3.05) is 13.7 Å². The number of methoxy groups -OCH3 is 1. The first kappa shape index (κ1) is 29.3. The summed E-state index contributed by atoms with van der Waals surface area (Å²) in [6, 6.07) is 8.43. The molecule has 182 valence electrons. The molecule has 0 atom stereocenters. The van der Waals surface area contributed by atoms with Crippen molar-refractivity contribution >= 4 is 33.5 Å². The van der Waals surface area contributed by atoms with Crippen LogP contribution in [0.25, 0.3) is 5.69 Å². The summed E-state index contributed by atoms with van der Waals surface area (Å²) in [5.74, 6) is 0.430. The average molecular weight is 531 g/mol. The van der Waals surface area contributed by atoms with E-state index in [2.05, 4.69) is 15.3 Å². The van der Waals surface area contributed by atoms with Gasteiger partial charge in [0.1, 0.15) is 21.6 Å². The van der Waals surface area contributed by atoms with Crippen molar-refractivity contribution in [2.24, 2.45) is 10.2 Å². The van der Waals surface area contributed by atoms with E-state index < -0.39 is 15.7 Å². The van der Waals surface area contributed by atoms with E-state index in [0.717, 1.165) is 41.1 Å². The second-order valence-electron chi connectivity index (χ2n) is 7.14. The molecule has 35 heavy (non-hydrogen) atoms. The van der Waals surface area contributed by atoms with Gasteiger partial charge in [-0.1, -0.05) is 6.92 Å². The zero-order valence-corrected chi connectivity index (χ0v) is 23.5. The number of rotatable bonds is 10. The number of aromatic nitrogens is 2. The standard InChI is InChI=1S/C21H24N4O7S2.Na/c1-5-10-31-32-33-19-12-18(30-4)17(11-13(19)2)22-23-20-14(3)24-25(21(20)26)15-6-8-16(9-7-15)34(27,28)29;/h6-9,11-12,24H,5,10H2,1-4H3,(H,27,28,29);/q;+1/p-1. The van der Waals surface area contributed by atoms with Gasteiger partial charge in [-0.05, 0) is 62.2 Å². The van der Waals surface area contributed by atoms with E-state index in [9.17, 15) is 17.8 Å². The summed E-state index contributed by atoms with van der Waals surface area (Å²) < 4.78 is 45.1. The van der Waals surface area contributed by atoms with Crippen molar-refractivity contribution < 1.29 is 56.5 Å². The van der Waals surface area contributed by atoms with Crippen molar-refractivity contribution in [3.8, 4) is 11.4 Å². The molecular weight excluding hydrogens is 507 g/mol. The van der Waals surface area contributed by atoms with E-state index in [-0.39, 0.29) is 40.1 Å². The molecule has 0 radical (unpaired) electrons. The Morgan fingerprint density at radius 1 is 1.14 bits per heavy atom. The Morgan fingerprint density at radius 3 is 2.43 bits per heavy atom. The molecule has 0 saturated heterocycles. The van der Waals surface area contributed by atoms with E-state index >= 15 is 0 Å². The molecule has 0 aliphatic rings. The SMILES string of the molecule is CCCOOSc1cc(OC)c(N=Nc2c(C)[nH]n(-c3ccc(S(=O)(=O)[O-])cc3)c2=O)cc1C.[Na+]. The number of benzene rings is 2. The van der Waals surface area contributed by atoms with Gasteiger partial charge in [0.15, 0.2) is 5.69 Å². The molecule has 0 aliphatic carbocycles. The van der Waals surface area contributed by atoms with Gasteiger partial charge in [-0.25, -0.2) is 18.0 Å².